The van der Waals surface area contributed by atoms with E-state index in [4.69, 9.17) is 11.6 Å². The van der Waals surface area contributed by atoms with Crippen LogP contribution in [-0.2, 0) is 13.6 Å². The van der Waals surface area contributed by atoms with E-state index in [1.807, 2.05) is 24.9 Å². The van der Waals surface area contributed by atoms with E-state index in [9.17, 15) is 4.39 Å². The molecule has 3 nitrogen and oxygen atoms in total. The summed E-state index contributed by atoms with van der Waals surface area (Å²) in [4.78, 5) is 1.82. The number of rotatable bonds is 3. The molecule has 1 aromatic carbocycles. The second kappa shape index (κ2) is 4.98. The fourth-order valence-corrected chi connectivity index (χ4v) is 2.17. The van der Waals surface area contributed by atoms with Gasteiger partial charge in [0.25, 0.3) is 0 Å². The topological polar surface area (TPSA) is 21.1 Å². The largest absolute Gasteiger partial charge is 0.368 e. The summed E-state index contributed by atoms with van der Waals surface area (Å²) in [6.45, 7) is 2.43. The maximum Gasteiger partial charge on any atom is 0.146 e. The SMILES string of the molecule is Cc1nn(C)c(Cl)c1CN(C)c1ccccc1F. The molecule has 2 rings (SSSR count). The normalized spacial score (nSPS) is 10.7. The van der Waals surface area contributed by atoms with Crippen molar-refractivity contribution in [3.63, 3.8) is 0 Å². The fourth-order valence-electron chi connectivity index (χ4n) is 1.94. The number of aryl methyl sites for hydroxylation is 2. The zero-order chi connectivity index (χ0) is 13.3. The van der Waals surface area contributed by atoms with Crippen molar-refractivity contribution in [1.29, 1.82) is 0 Å². The van der Waals surface area contributed by atoms with E-state index in [0.717, 1.165) is 11.3 Å². The Hall–Kier alpha value is -1.55. The number of aromatic nitrogens is 2. The van der Waals surface area contributed by atoms with Crippen LogP contribution in [0.15, 0.2) is 24.3 Å². The first-order chi connectivity index (χ1) is 8.50. The van der Waals surface area contributed by atoms with E-state index in [1.54, 1.807) is 23.9 Å². The van der Waals surface area contributed by atoms with Crippen molar-refractivity contribution in [1.82, 2.24) is 9.78 Å². The van der Waals surface area contributed by atoms with Crippen molar-refractivity contribution in [3.8, 4) is 0 Å². The average molecular weight is 268 g/mol. The second-order valence-electron chi connectivity index (χ2n) is 4.29. The molecule has 18 heavy (non-hydrogen) atoms. The first kappa shape index (κ1) is 12.9. The third kappa shape index (κ3) is 2.34. The first-order valence-corrected chi connectivity index (χ1v) is 6.02. The molecule has 0 saturated carbocycles. The molecule has 0 N–H and O–H groups in total. The Morgan fingerprint density at radius 1 is 1.39 bits per heavy atom. The minimum atomic E-state index is -0.238. The molecule has 0 unspecified atom stereocenters. The van der Waals surface area contributed by atoms with Crippen molar-refractivity contribution in [3.05, 3.63) is 46.5 Å². The van der Waals surface area contributed by atoms with Crippen LogP contribution in [0.25, 0.3) is 0 Å². The molecular weight excluding hydrogens is 253 g/mol. The molecule has 0 spiro atoms. The quantitative estimate of drug-likeness (QED) is 0.852. The van der Waals surface area contributed by atoms with Crippen LogP contribution in [-0.4, -0.2) is 16.8 Å². The summed E-state index contributed by atoms with van der Waals surface area (Å²) >= 11 is 6.17. The van der Waals surface area contributed by atoms with E-state index in [0.29, 0.717) is 17.4 Å². The lowest BCUT2D eigenvalue weighted by atomic mass is 10.2. The van der Waals surface area contributed by atoms with Gasteiger partial charge in [-0.25, -0.2) is 4.39 Å². The van der Waals surface area contributed by atoms with Crippen LogP contribution in [0.5, 0.6) is 0 Å². The van der Waals surface area contributed by atoms with Crippen LogP contribution in [0.3, 0.4) is 0 Å². The summed E-state index contributed by atoms with van der Waals surface area (Å²) < 4.78 is 15.3. The van der Waals surface area contributed by atoms with Crippen molar-refractivity contribution in [2.75, 3.05) is 11.9 Å². The number of benzene rings is 1. The summed E-state index contributed by atoms with van der Waals surface area (Å²) in [7, 11) is 3.63. The molecule has 5 heteroatoms. The average Bonchev–Trinajstić information content (AvgIpc) is 2.56. The van der Waals surface area contributed by atoms with Crippen LogP contribution in [0.2, 0.25) is 5.15 Å². The number of anilines is 1. The van der Waals surface area contributed by atoms with Gasteiger partial charge < -0.3 is 4.90 Å². The van der Waals surface area contributed by atoms with Gasteiger partial charge in [0.15, 0.2) is 0 Å². The summed E-state index contributed by atoms with van der Waals surface area (Å²) in [5, 5.41) is 4.84. The molecule has 0 saturated heterocycles. The number of para-hydroxylation sites is 1. The molecule has 0 aliphatic rings. The summed E-state index contributed by atoms with van der Waals surface area (Å²) in [5.74, 6) is -0.238. The van der Waals surface area contributed by atoms with Crippen molar-refractivity contribution >= 4 is 17.3 Å². The Morgan fingerprint density at radius 2 is 2.06 bits per heavy atom. The van der Waals surface area contributed by atoms with Gasteiger partial charge in [0, 0.05) is 26.2 Å². The van der Waals surface area contributed by atoms with Gasteiger partial charge in [-0.15, -0.1) is 0 Å². The molecule has 0 fully saturated rings. The Balaban J connectivity index is 2.27. The van der Waals surface area contributed by atoms with Gasteiger partial charge in [0.2, 0.25) is 0 Å². The molecule has 1 heterocycles. The zero-order valence-electron chi connectivity index (χ0n) is 10.6. The summed E-state index contributed by atoms with van der Waals surface area (Å²) in [6.07, 6.45) is 0. The lowest BCUT2D eigenvalue weighted by molar-refractivity contribution is 0.622. The predicted molar refractivity (Wildman–Crippen MR) is 71.5 cm³/mol. The molecule has 0 atom stereocenters. The van der Waals surface area contributed by atoms with Crippen molar-refractivity contribution in [2.24, 2.45) is 7.05 Å². The highest BCUT2D eigenvalue weighted by Crippen LogP contribution is 2.24. The van der Waals surface area contributed by atoms with Crippen molar-refractivity contribution in [2.45, 2.75) is 13.5 Å². The van der Waals surface area contributed by atoms with E-state index < -0.39 is 0 Å². The maximum absolute atomic E-state index is 13.7. The minimum Gasteiger partial charge on any atom is -0.368 e. The molecule has 96 valence electrons. The van der Waals surface area contributed by atoms with Gasteiger partial charge in [-0.2, -0.15) is 5.10 Å². The standard InChI is InChI=1S/C13H15ClFN3/c1-9-10(13(14)18(3)16-9)8-17(2)12-7-5-4-6-11(12)15/h4-7H,8H2,1-3H3. The molecule has 0 radical (unpaired) electrons. The third-order valence-electron chi connectivity index (χ3n) is 2.93. The highest BCUT2D eigenvalue weighted by atomic mass is 35.5. The minimum absolute atomic E-state index is 0.238. The Morgan fingerprint density at radius 3 is 2.61 bits per heavy atom. The lowest BCUT2D eigenvalue weighted by Crippen LogP contribution is -2.18. The summed E-state index contributed by atoms with van der Waals surface area (Å²) in [5.41, 5.74) is 2.34. The molecule has 0 amide bonds. The molecule has 0 aliphatic heterocycles. The maximum atomic E-state index is 13.7. The number of hydrogen-bond donors (Lipinski definition) is 0. The van der Waals surface area contributed by atoms with Crippen LogP contribution in [0, 0.1) is 12.7 Å². The number of nitrogens with zero attached hydrogens (tertiary/aromatic N) is 3. The van der Waals surface area contributed by atoms with Gasteiger partial charge in [0.05, 0.1) is 11.4 Å². The molecule has 0 bridgehead atoms. The fraction of sp³-hybridized carbons (Fsp3) is 0.308. The van der Waals surface area contributed by atoms with Crippen molar-refractivity contribution < 1.29 is 4.39 Å². The molecule has 0 aliphatic carbocycles. The lowest BCUT2D eigenvalue weighted by Gasteiger charge is -2.19. The van der Waals surface area contributed by atoms with Gasteiger partial charge >= 0.3 is 0 Å². The summed E-state index contributed by atoms with van der Waals surface area (Å²) in [6, 6.07) is 6.68. The van der Waals surface area contributed by atoms with E-state index in [1.165, 1.54) is 6.07 Å². The first-order valence-electron chi connectivity index (χ1n) is 5.64. The molecule has 2 aromatic rings. The highest BCUT2D eigenvalue weighted by molar-refractivity contribution is 6.30. The van der Waals surface area contributed by atoms with Crippen LogP contribution in [0.1, 0.15) is 11.3 Å². The Bertz CT molecular complexity index is 565. The highest BCUT2D eigenvalue weighted by Gasteiger charge is 2.15. The number of halogens is 2. The second-order valence-corrected chi connectivity index (χ2v) is 4.64. The van der Waals surface area contributed by atoms with Gasteiger partial charge in [-0.3, -0.25) is 4.68 Å². The van der Waals surface area contributed by atoms with Gasteiger partial charge in [0.1, 0.15) is 11.0 Å². The van der Waals surface area contributed by atoms with Crippen LogP contribution >= 0.6 is 11.6 Å². The van der Waals surface area contributed by atoms with Crippen LogP contribution in [0.4, 0.5) is 10.1 Å². The van der Waals surface area contributed by atoms with E-state index >= 15 is 0 Å². The van der Waals surface area contributed by atoms with E-state index in [-0.39, 0.29) is 5.82 Å². The molecule has 1 aromatic heterocycles. The van der Waals surface area contributed by atoms with E-state index in [2.05, 4.69) is 5.10 Å². The third-order valence-corrected chi connectivity index (χ3v) is 3.40. The van der Waals surface area contributed by atoms with Gasteiger partial charge in [-0.05, 0) is 19.1 Å². The monoisotopic (exact) mass is 267 g/mol. The Kier molecular flexibility index (Phi) is 3.57. The molecular formula is C13H15ClFN3. The van der Waals surface area contributed by atoms with Crippen LogP contribution < -0.4 is 4.90 Å². The predicted octanol–water partition coefficient (Wildman–Crippen LogP) is 3.16. The smallest absolute Gasteiger partial charge is 0.146 e. The number of hydrogen-bond acceptors (Lipinski definition) is 2. The zero-order valence-corrected chi connectivity index (χ0v) is 11.4. The van der Waals surface area contributed by atoms with Gasteiger partial charge in [-0.1, -0.05) is 23.7 Å². The Labute approximate surface area is 111 Å².